The van der Waals surface area contributed by atoms with Gasteiger partial charge in [0.05, 0.1) is 6.54 Å². The highest BCUT2D eigenvalue weighted by Crippen LogP contribution is 2.06. The predicted molar refractivity (Wildman–Crippen MR) is 65.3 cm³/mol. The van der Waals surface area contributed by atoms with Crippen LogP contribution >= 0.6 is 0 Å². The number of furan rings is 1. The lowest BCUT2D eigenvalue weighted by molar-refractivity contribution is 0.463. The van der Waals surface area contributed by atoms with Crippen molar-refractivity contribution in [2.24, 2.45) is 0 Å². The Balaban J connectivity index is 1.73. The Morgan fingerprint density at radius 3 is 2.82 bits per heavy atom. The quantitative estimate of drug-likeness (QED) is 0.803. The van der Waals surface area contributed by atoms with Crippen LogP contribution in [0.5, 0.6) is 0 Å². The topological polar surface area (TPSA) is 25.2 Å². The maximum Gasteiger partial charge on any atom is 0.123 e. The Hall–Kier alpha value is -1.61. The second-order valence-electron chi connectivity index (χ2n) is 4.07. The van der Waals surface area contributed by atoms with Crippen LogP contribution < -0.4 is 5.32 Å². The minimum Gasteiger partial charge on any atom is -0.465 e. The zero-order valence-electron chi connectivity index (χ0n) is 9.87. The minimum atomic E-state index is -0.177. The van der Waals surface area contributed by atoms with Gasteiger partial charge in [-0.05, 0) is 49.7 Å². The molecule has 0 aliphatic carbocycles. The van der Waals surface area contributed by atoms with E-state index in [2.05, 4.69) is 5.32 Å². The van der Waals surface area contributed by atoms with Crippen LogP contribution in [0.25, 0.3) is 0 Å². The largest absolute Gasteiger partial charge is 0.465 e. The molecule has 3 heteroatoms. The van der Waals surface area contributed by atoms with E-state index >= 15 is 0 Å². The number of nitrogens with one attached hydrogen (secondary N) is 1. The summed E-state index contributed by atoms with van der Waals surface area (Å²) in [5.41, 5.74) is 1.01. The lowest BCUT2D eigenvalue weighted by Gasteiger charge is -2.03. The van der Waals surface area contributed by atoms with E-state index in [4.69, 9.17) is 4.42 Å². The molecule has 0 radical (unpaired) electrons. The molecule has 0 aliphatic heterocycles. The average Bonchev–Trinajstić information content (AvgIpc) is 2.71. The van der Waals surface area contributed by atoms with Crippen LogP contribution in [-0.4, -0.2) is 6.54 Å². The normalized spacial score (nSPS) is 10.7. The Bertz CT molecular complexity index is 479. The van der Waals surface area contributed by atoms with Gasteiger partial charge >= 0.3 is 0 Å². The standard InChI is InChI=1S/C14H16FNO/c1-11-5-6-14(17-11)10-16-8-7-12-3-2-4-13(15)9-12/h2-6,9,16H,7-8,10H2,1H3. The summed E-state index contributed by atoms with van der Waals surface area (Å²) in [7, 11) is 0. The van der Waals surface area contributed by atoms with Gasteiger partial charge in [-0.3, -0.25) is 0 Å². The molecule has 1 aromatic heterocycles. The number of rotatable bonds is 5. The third-order valence-electron chi connectivity index (χ3n) is 2.57. The number of halogens is 1. The number of hydrogen-bond acceptors (Lipinski definition) is 2. The van der Waals surface area contributed by atoms with Crippen LogP contribution in [0.4, 0.5) is 4.39 Å². The van der Waals surface area contributed by atoms with Crippen molar-refractivity contribution < 1.29 is 8.81 Å². The molecule has 0 bridgehead atoms. The van der Waals surface area contributed by atoms with Gasteiger partial charge in [-0.2, -0.15) is 0 Å². The third kappa shape index (κ3) is 3.71. The van der Waals surface area contributed by atoms with Crippen molar-refractivity contribution in [2.45, 2.75) is 19.9 Å². The predicted octanol–water partition coefficient (Wildman–Crippen LogP) is 3.06. The van der Waals surface area contributed by atoms with Crippen LogP contribution in [-0.2, 0) is 13.0 Å². The molecule has 0 unspecified atom stereocenters. The van der Waals surface area contributed by atoms with E-state index in [0.717, 1.165) is 30.0 Å². The molecule has 2 aromatic rings. The zero-order chi connectivity index (χ0) is 12.1. The van der Waals surface area contributed by atoms with Gasteiger partial charge in [0.1, 0.15) is 17.3 Å². The van der Waals surface area contributed by atoms with E-state index in [9.17, 15) is 4.39 Å². The number of benzene rings is 1. The molecule has 17 heavy (non-hydrogen) atoms. The fraction of sp³-hybridized carbons (Fsp3) is 0.286. The van der Waals surface area contributed by atoms with E-state index in [1.165, 1.54) is 6.07 Å². The molecule has 1 heterocycles. The number of hydrogen-bond donors (Lipinski definition) is 1. The van der Waals surface area contributed by atoms with Gasteiger partial charge in [-0.25, -0.2) is 4.39 Å². The molecule has 0 fully saturated rings. The highest BCUT2D eigenvalue weighted by atomic mass is 19.1. The van der Waals surface area contributed by atoms with Gasteiger partial charge in [0.25, 0.3) is 0 Å². The van der Waals surface area contributed by atoms with Gasteiger partial charge in [-0.1, -0.05) is 12.1 Å². The molecule has 0 amide bonds. The summed E-state index contributed by atoms with van der Waals surface area (Å²) in [4.78, 5) is 0. The van der Waals surface area contributed by atoms with Gasteiger partial charge < -0.3 is 9.73 Å². The van der Waals surface area contributed by atoms with Crippen molar-refractivity contribution >= 4 is 0 Å². The highest BCUT2D eigenvalue weighted by molar-refractivity contribution is 5.16. The average molecular weight is 233 g/mol. The summed E-state index contributed by atoms with van der Waals surface area (Å²) in [6.45, 7) is 3.45. The van der Waals surface area contributed by atoms with Gasteiger partial charge in [0, 0.05) is 0 Å². The van der Waals surface area contributed by atoms with Gasteiger partial charge in [-0.15, -0.1) is 0 Å². The van der Waals surface area contributed by atoms with Crippen LogP contribution in [0.15, 0.2) is 40.8 Å². The lowest BCUT2D eigenvalue weighted by atomic mass is 10.1. The molecule has 0 spiro atoms. The molecule has 0 saturated carbocycles. The fourth-order valence-electron chi connectivity index (χ4n) is 1.72. The fourth-order valence-corrected chi connectivity index (χ4v) is 1.72. The molecule has 2 rings (SSSR count). The van der Waals surface area contributed by atoms with Gasteiger partial charge in [0.2, 0.25) is 0 Å². The summed E-state index contributed by atoms with van der Waals surface area (Å²) in [5.74, 6) is 1.68. The molecule has 90 valence electrons. The number of aryl methyl sites for hydroxylation is 1. The highest BCUT2D eigenvalue weighted by Gasteiger charge is 1.98. The first-order valence-corrected chi connectivity index (χ1v) is 5.74. The smallest absolute Gasteiger partial charge is 0.123 e. The summed E-state index contributed by atoms with van der Waals surface area (Å²) < 4.78 is 18.3. The summed E-state index contributed by atoms with van der Waals surface area (Å²) in [6.07, 6.45) is 0.817. The molecule has 0 saturated heterocycles. The minimum absolute atomic E-state index is 0.177. The third-order valence-corrected chi connectivity index (χ3v) is 2.57. The van der Waals surface area contributed by atoms with Crippen molar-refractivity contribution in [3.63, 3.8) is 0 Å². The van der Waals surface area contributed by atoms with Crippen LogP contribution in [0.1, 0.15) is 17.1 Å². The molecule has 2 nitrogen and oxygen atoms in total. The molecular formula is C14H16FNO. The van der Waals surface area contributed by atoms with Crippen molar-refractivity contribution in [3.8, 4) is 0 Å². The summed E-state index contributed by atoms with van der Waals surface area (Å²) in [5, 5.41) is 3.27. The molecular weight excluding hydrogens is 217 g/mol. The molecule has 1 aromatic carbocycles. The van der Waals surface area contributed by atoms with Crippen molar-refractivity contribution in [3.05, 3.63) is 59.3 Å². The van der Waals surface area contributed by atoms with Crippen LogP contribution in [0, 0.1) is 12.7 Å². The monoisotopic (exact) mass is 233 g/mol. The first kappa shape index (κ1) is 11.9. The van der Waals surface area contributed by atoms with E-state index in [-0.39, 0.29) is 5.82 Å². The van der Waals surface area contributed by atoms with Gasteiger partial charge in [0.15, 0.2) is 0 Å². The summed E-state index contributed by atoms with van der Waals surface area (Å²) in [6, 6.07) is 10.6. The SMILES string of the molecule is Cc1ccc(CNCCc2cccc(F)c2)o1. The second-order valence-corrected chi connectivity index (χ2v) is 4.07. The maximum atomic E-state index is 12.9. The Morgan fingerprint density at radius 1 is 1.24 bits per heavy atom. The second kappa shape index (κ2) is 5.64. The molecule has 0 aliphatic rings. The van der Waals surface area contributed by atoms with Crippen molar-refractivity contribution in [1.29, 1.82) is 0 Å². The molecule has 0 atom stereocenters. The first-order valence-electron chi connectivity index (χ1n) is 5.74. The lowest BCUT2D eigenvalue weighted by Crippen LogP contribution is -2.16. The Labute approximate surface area is 100 Å². The first-order chi connectivity index (χ1) is 8.24. The van der Waals surface area contributed by atoms with E-state index in [1.807, 2.05) is 25.1 Å². The van der Waals surface area contributed by atoms with E-state index in [1.54, 1.807) is 12.1 Å². The van der Waals surface area contributed by atoms with Crippen LogP contribution in [0.3, 0.4) is 0 Å². The van der Waals surface area contributed by atoms with Crippen LogP contribution in [0.2, 0.25) is 0 Å². The maximum absolute atomic E-state index is 12.9. The Morgan fingerprint density at radius 2 is 2.12 bits per heavy atom. The summed E-state index contributed by atoms with van der Waals surface area (Å²) >= 11 is 0. The zero-order valence-corrected chi connectivity index (χ0v) is 9.87. The van der Waals surface area contributed by atoms with Crippen molar-refractivity contribution in [1.82, 2.24) is 5.32 Å². The Kier molecular flexibility index (Phi) is 3.94. The molecule has 1 N–H and O–H groups in total. The van der Waals surface area contributed by atoms with E-state index < -0.39 is 0 Å². The van der Waals surface area contributed by atoms with E-state index in [0.29, 0.717) is 6.54 Å². The van der Waals surface area contributed by atoms with Crippen molar-refractivity contribution in [2.75, 3.05) is 6.54 Å².